The van der Waals surface area contributed by atoms with Gasteiger partial charge in [-0.1, -0.05) is 0 Å². The van der Waals surface area contributed by atoms with Crippen molar-refractivity contribution in [3.63, 3.8) is 0 Å². The fourth-order valence-corrected chi connectivity index (χ4v) is 18.1. The Morgan fingerprint density at radius 1 is 0.638 bits per heavy atom. The van der Waals surface area contributed by atoms with Crippen molar-refractivity contribution in [1.29, 1.82) is 0 Å². The molecule has 1 fully saturated rings. The third-order valence-electron chi connectivity index (χ3n) is 10.9. The number of hydrogen-bond donors (Lipinski definition) is 0. The first-order chi connectivity index (χ1) is 21.2. The van der Waals surface area contributed by atoms with Gasteiger partial charge in [0.2, 0.25) is 0 Å². The molecule has 250 valence electrons. The summed E-state index contributed by atoms with van der Waals surface area (Å²) in [6, 6.07) is 22.9. The second-order valence-corrected chi connectivity index (χ2v) is 23.5. The van der Waals surface area contributed by atoms with E-state index in [0.29, 0.717) is 25.0 Å². The molecule has 3 aliphatic rings. The molecule has 3 aliphatic carbocycles. The van der Waals surface area contributed by atoms with Gasteiger partial charge in [0, 0.05) is 0 Å². The average molecular weight is 747 g/mol. The SMILES string of the molecule is CC(C)c1cc([C](C2CCCC2)=[Zr+2]([CH]2C=CC=C2)[CH]2c3cc(C(C)(C)C)ccc3-c3ccc(C(C)(C)C)cc32)cc(C(C)C)c1.[Cl-].[Cl-]. The molecule has 0 aromatic heterocycles. The van der Waals surface area contributed by atoms with Crippen LogP contribution in [0.4, 0.5) is 0 Å². The van der Waals surface area contributed by atoms with E-state index < -0.39 is 21.3 Å². The topological polar surface area (TPSA) is 0 Å². The van der Waals surface area contributed by atoms with Crippen molar-refractivity contribution in [1.82, 2.24) is 0 Å². The van der Waals surface area contributed by atoms with E-state index in [1.165, 1.54) is 59.1 Å². The van der Waals surface area contributed by atoms with E-state index in [0.717, 1.165) is 0 Å². The molecule has 0 nitrogen and oxygen atoms in total. The van der Waals surface area contributed by atoms with Crippen molar-refractivity contribution in [2.45, 2.75) is 125 Å². The summed E-state index contributed by atoms with van der Waals surface area (Å²) in [4.78, 5) is 0. The Labute approximate surface area is 306 Å². The molecule has 3 aromatic carbocycles. The fourth-order valence-electron chi connectivity index (χ4n) is 8.05. The molecule has 3 heteroatoms. The first-order valence-electron chi connectivity index (χ1n) is 17.8. The van der Waals surface area contributed by atoms with E-state index in [1.807, 2.05) is 3.21 Å². The molecule has 0 aliphatic heterocycles. The predicted molar refractivity (Wildman–Crippen MR) is 194 cm³/mol. The number of fused-ring (bicyclic) bond motifs is 3. The quantitative estimate of drug-likeness (QED) is 0.269. The van der Waals surface area contributed by atoms with E-state index in [9.17, 15) is 0 Å². The van der Waals surface area contributed by atoms with Crippen LogP contribution in [0.2, 0.25) is 3.63 Å². The number of halogens is 2. The molecule has 0 radical (unpaired) electrons. The Kier molecular flexibility index (Phi) is 12.0. The van der Waals surface area contributed by atoms with Gasteiger partial charge in [0.15, 0.2) is 0 Å². The Hall–Kier alpha value is -1.53. The third kappa shape index (κ3) is 7.64. The summed E-state index contributed by atoms with van der Waals surface area (Å²) in [5.41, 5.74) is 14.1. The fraction of sp³-hybridized carbons (Fsp3) is 0.477. The van der Waals surface area contributed by atoms with Crippen molar-refractivity contribution in [2.24, 2.45) is 5.92 Å². The van der Waals surface area contributed by atoms with Gasteiger partial charge in [-0.3, -0.25) is 0 Å². The van der Waals surface area contributed by atoms with E-state index in [2.05, 4.69) is 148 Å². The smallest absolute Gasteiger partial charge is 1.00 e. The molecular formula is C44H56Cl2Zr. The third-order valence-corrected chi connectivity index (χ3v) is 19.9. The summed E-state index contributed by atoms with van der Waals surface area (Å²) < 4.78 is 3.01. The van der Waals surface area contributed by atoms with E-state index in [-0.39, 0.29) is 35.6 Å². The zero-order chi connectivity index (χ0) is 32.3. The first-order valence-corrected chi connectivity index (χ1v) is 21.8. The second kappa shape index (κ2) is 14.8. The molecule has 6 rings (SSSR count). The molecule has 1 saturated carbocycles. The summed E-state index contributed by atoms with van der Waals surface area (Å²) in [6.07, 6.45) is 15.4. The van der Waals surface area contributed by atoms with Gasteiger partial charge in [0.1, 0.15) is 0 Å². The van der Waals surface area contributed by atoms with Crippen LogP contribution in [-0.2, 0) is 32.1 Å². The molecule has 3 aromatic rings. The number of allylic oxidation sites excluding steroid dienone is 4. The van der Waals surface area contributed by atoms with Crippen LogP contribution in [0.3, 0.4) is 0 Å². The molecule has 0 N–H and O–H groups in total. The van der Waals surface area contributed by atoms with E-state index in [1.54, 1.807) is 16.7 Å². The Bertz CT molecular complexity index is 1580. The molecule has 0 unspecified atom stereocenters. The largest absolute Gasteiger partial charge is 1.00 e. The zero-order valence-electron chi connectivity index (χ0n) is 30.5. The number of rotatable bonds is 6. The second-order valence-electron chi connectivity index (χ2n) is 16.9. The monoisotopic (exact) mass is 744 g/mol. The standard InChI is InChI=1S/C21H25.C18H26.C5H5.2ClH.Zr/c1-20(2,3)16-7-9-18-14(12-16)11-15-13-17(21(4,5)6)8-10-19(15)18;1-13(2)17-10-16(9-15-7-5-6-8-15)11-18(12-17)14(3)4;1-2-4-5-3-1;;;/h7-13H,1-6H3;10-15H,5-8H2,1-4H3;1-5H;2*1H;/q;;;;;+2/p-2. The molecule has 0 saturated heterocycles. The van der Waals surface area contributed by atoms with Gasteiger partial charge in [0.25, 0.3) is 0 Å². The van der Waals surface area contributed by atoms with Crippen molar-refractivity contribution in [3.8, 4) is 11.1 Å². The molecule has 0 bridgehead atoms. The summed E-state index contributed by atoms with van der Waals surface area (Å²) >= 11 is -2.59. The van der Waals surface area contributed by atoms with Crippen molar-refractivity contribution < 1.29 is 46.1 Å². The minimum atomic E-state index is -2.59. The van der Waals surface area contributed by atoms with Crippen molar-refractivity contribution >= 4 is 3.21 Å². The maximum Gasteiger partial charge on any atom is -1.00 e. The maximum absolute atomic E-state index is 2.65. The predicted octanol–water partition coefficient (Wildman–Crippen LogP) is 6.55. The van der Waals surface area contributed by atoms with E-state index in [4.69, 9.17) is 0 Å². The summed E-state index contributed by atoms with van der Waals surface area (Å²) in [7, 11) is 0. The minimum Gasteiger partial charge on any atom is -1.00 e. The Balaban J connectivity index is 0.00000250. The van der Waals surface area contributed by atoms with Gasteiger partial charge in [-0.25, -0.2) is 0 Å². The van der Waals surface area contributed by atoms with Gasteiger partial charge in [-0.15, -0.1) is 0 Å². The summed E-state index contributed by atoms with van der Waals surface area (Å²) in [5, 5.41) is 0. The first kappa shape index (κ1) is 38.3. The van der Waals surface area contributed by atoms with Gasteiger partial charge < -0.3 is 24.8 Å². The molecule has 47 heavy (non-hydrogen) atoms. The molecule has 0 amide bonds. The van der Waals surface area contributed by atoms with Crippen LogP contribution in [0.15, 0.2) is 78.9 Å². The van der Waals surface area contributed by atoms with Gasteiger partial charge in [-0.05, 0) is 0 Å². The van der Waals surface area contributed by atoms with Crippen LogP contribution in [0.1, 0.15) is 149 Å². The van der Waals surface area contributed by atoms with Crippen LogP contribution in [0.5, 0.6) is 0 Å². The van der Waals surface area contributed by atoms with Crippen LogP contribution < -0.4 is 24.8 Å². The van der Waals surface area contributed by atoms with Gasteiger partial charge >= 0.3 is 284 Å². The number of hydrogen-bond acceptors (Lipinski definition) is 0. The summed E-state index contributed by atoms with van der Waals surface area (Å²) in [5.74, 6) is 1.78. The number of benzene rings is 3. The van der Waals surface area contributed by atoms with Gasteiger partial charge in [-0.2, -0.15) is 0 Å². The Morgan fingerprint density at radius 2 is 1.09 bits per heavy atom. The average Bonchev–Trinajstić information content (AvgIpc) is 3.75. The van der Waals surface area contributed by atoms with Crippen LogP contribution in [-0.4, -0.2) is 3.21 Å². The minimum absolute atomic E-state index is 0. The van der Waals surface area contributed by atoms with Gasteiger partial charge in [0.05, 0.1) is 0 Å². The molecular weight excluding hydrogens is 691 g/mol. The van der Waals surface area contributed by atoms with E-state index >= 15 is 0 Å². The zero-order valence-corrected chi connectivity index (χ0v) is 34.4. The molecule has 0 spiro atoms. The molecule has 0 atom stereocenters. The van der Waals surface area contributed by atoms with Crippen LogP contribution >= 0.6 is 0 Å². The molecule has 0 heterocycles. The van der Waals surface area contributed by atoms with Crippen LogP contribution in [0.25, 0.3) is 11.1 Å². The Morgan fingerprint density at radius 3 is 1.49 bits per heavy atom. The normalized spacial score (nSPS) is 16.8. The van der Waals surface area contributed by atoms with Crippen LogP contribution in [0, 0.1) is 5.92 Å². The maximum atomic E-state index is 2.65. The van der Waals surface area contributed by atoms with Crippen molar-refractivity contribution in [3.05, 3.63) is 118 Å². The summed E-state index contributed by atoms with van der Waals surface area (Å²) in [6.45, 7) is 23.8. The van der Waals surface area contributed by atoms with Crippen molar-refractivity contribution in [2.75, 3.05) is 0 Å².